The molecule has 3 aromatic heterocycles. The number of hydrogen-bond donors (Lipinski definition) is 0. The van der Waals surface area contributed by atoms with Crippen LogP contribution in [0.15, 0.2) is 63.3 Å². The number of aromatic nitrogens is 3. The lowest BCUT2D eigenvalue weighted by Gasteiger charge is -2.02. The first-order chi connectivity index (χ1) is 16.7. The third kappa shape index (κ3) is 5.66. The van der Waals surface area contributed by atoms with E-state index >= 15 is 0 Å². The van der Waals surface area contributed by atoms with Gasteiger partial charge in [-0.1, -0.05) is 29.6 Å². The largest absolute Gasteiger partial charge is 0.494 e. The topological polar surface area (TPSA) is 57.1 Å². The number of rotatable bonds is 10. The Morgan fingerprint density at radius 1 is 0.676 bits per heavy atom. The highest BCUT2D eigenvalue weighted by Crippen LogP contribution is 2.35. The minimum absolute atomic E-state index is 0.667. The fourth-order valence-electron chi connectivity index (χ4n) is 3.37. The molecule has 0 aliphatic heterocycles. The summed E-state index contributed by atoms with van der Waals surface area (Å²) < 4.78 is 15.6. The molecule has 0 aliphatic carbocycles. The number of nitrogens with zero attached hydrogens (tertiary/aromatic N) is 3. The Labute approximate surface area is 215 Å². The molecule has 0 spiro atoms. The molecule has 0 atom stereocenters. The van der Waals surface area contributed by atoms with Crippen LogP contribution in [0.3, 0.4) is 0 Å². The molecule has 0 amide bonds. The lowest BCUT2D eigenvalue weighted by Crippen LogP contribution is -1.92. The molecule has 0 aliphatic rings. The average Bonchev–Trinajstić information content (AvgIpc) is 3.45. The number of thioether (sulfide) groups is 2. The second kappa shape index (κ2) is 10.9. The Morgan fingerprint density at radius 3 is 1.65 bits per heavy atom. The molecule has 174 valence electrons. The lowest BCUT2D eigenvalue weighted by atomic mass is 10.3. The van der Waals surface area contributed by atoms with Gasteiger partial charge in [0.15, 0.2) is 8.68 Å². The molecule has 0 fully saturated rings. The molecular formula is C25H23N3O2S4. The average molecular weight is 526 g/mol. The van der Waals surface area contributed by atoms with Gasteiger partial charge in [0.05, 0.1) is 45.0 Å². The smallest absolute Gasteiger partial charge is 0.151 e. The van der Waals surface area contributed by atoms with Crippen LogP contribution in [-0.4, -0.2) is 28.2 Å². The van der Waals surface area contributed by atoms with Crippen LogP contribution in [0.4, 0.5) is 0 Å². The van der Waals surface area contributed by atoms with Crippen molar-refractivity contribution in [2.75, 3.05) is 13.2 Å². The second-order valence-corrected chi connectivity index (χ2v) is 11.8. The second-order valence-electron chi connectivity index (χ2n) is 7.28. The number of hydrogen-bond acceptors (Lipinski definition) is 9. The minimum atomic E-state index is 0.667. The molecule has 2 aromatic carbocycles. The van der Waals surface area contributed by atoms with Crippen molar-refractivity contribution in [3.8, 4) is 11.5 Å². The van der Waals surface area contributed by atoms with Crippen LogP contribution in [0.5, 0.6) is 11.5 Å². The van der Waals surface area contributed by atoms with Gasteiger partial charge in [0.2, 0.25) is 0 Å². The molecular weight excluding hydrogens is 503 g/mol. The maximum atomic E-state index is 5.60. The first-order valence-electron chi connectivity index (χ1n) is 11.0. The number of benzene rings is 2. The first kappa shape index (κ1) is 23.4. The summed E-state index contributed by atoms with van der Waals surface area (Å²) in [6.07, 6.45) is 0. The Bertz CT molecular complexity index is 1310. The number of ether oxygens (including phenoxy) is 2. The van der Waals surface area contributed by atoms with Gasteiger partial charge in [0.1, 0.15) is 11.5 Å². The summed E-state index contributed by atoms with van der Waals surface area (Å²) in [6.45, 7) is 5.32. The molecule has 0 unspecified atom stereocenters. The molecule has 3 heterocycles. The van der Waals surface area contributed by atoms with E-state index in [4.69, 9.17) is 24.4 Å². The molecule has 5 rings (SSSR count). The van der Waals surface area contributed by atoms with E-state index < -0.39 is 0 Å². The predicted octanol–water partition coefficient (Wildman–Crippen LogP) is 7.68. The van der Waals surface area contributed by atoms with E-state index in [2.05, 4.69) is 30.3 Å². The maximum absolute atomic E-state index is 5.60. The van der Waals surface area contributed by atoms with Gasteiger partial charge >= 0.3 is 0 Å². The highest BCUT2D eigenvalue weighted by atomic mass is 32.2. The third-order valence-corrected chi connectivity index (χ3v) is 9.24. The maximum Gasteiger partial charge on any atom is 0.151 e. The molecule has 0 N–H and O–H groups in total. The van der Waals surface area contributed by atoms with Crippen molar-refractivity contribution in [2.24, 2.45) is 0 Å². The summed E-state index contributed by atoms with van der Waals surface area (Å²) in [6, 6.07) is 18.4. The Balaban J connectivity index is 1.21. The first-order valence-corrected chi connectivity index (χ1v) is 14.6. The summed E-state index contributed by atoms with van der Waals surface area (Å²) in [5, 5.41) is 0. The number of fused-ring (bicyclic) bond motifs is 2. The normalized spacial score (nSPS) is 11.4. The number of thiazole rings is 2. The fraction of sp³-hybridized carbons (Fsp3) is 0.240. The highest BCUT2D eigenvalue weighted by molar-refractivity contribution is 8.00. The van der Waals surface area contributed by atoms with E-state index in [9.17, 15) is 0 Å². The van der Waals surface area contributed by atoms with Gasteiger partial charge in [-0.15, -0.1) is 22.7 Å². The van der Waals surface area contributed by atoms with Crippen LogP contribution in [0.1, 0.15) is 25.2 Å². The van der Waals surface area contributed by atoms with Gasteiger partial charge < -0.3 is 9.47 Å². The zero-order chi connectivity index (χ0) is 23.3. The third-order valence-electron chi connectivity index (χ3n) is 4.85. The molecule has 9 heteroatoms. The molecule has 5 nitrogen and oxygen atoms in total. The summed E-state index contributed by atoms with van der Waals surface area (Å²) >= 11 is 6.85. The molecule has 34 heavy (non-hydrogen) atoms. The number of pyridine rings is 1. The van der Waals surface area contributed by atoms with Gasteiger partial charge in [0.25, 0.3) is 0 Å². The van der Waals surface area contributed by atoms with Crippen LogP contribution < -0.4 is 9.47 Å². The van der Waals surface area contributed by atoms with Crippen molar-refractivity contribution < 1.29 is 9.47 Å². The summed E-state index contributed by atoms with van der Waals surface area (Å²) in [7, 11) is 0. The van der Waals surface area contributed by atoms with E-state index in [0.717, 1.165) is 63.5 Å². The van der Waals surface area contributed by atoms with Gasteiger partial charge in [-0.05, 0) is 62.4 Å². The minimum Gasteiger partial charge on any atom is -0.494 e. The molecule has 0 bridgehead atoms. The zero-order valence-electron chi connectivity index (χ0n) is 18.8. The van der Waals surface area contributed by atoms with Crippen LogP contribution in [0.2, 0.25) is 0 Å². The molecule has 0 radical (unpaired) electrons. The summed E-state index contributed by atoms with van der Waals surface area (Å²) in [5.41, 5.74) is 4.14. The quantitative estimate of drug-likeness (QED) is 0.173. The Hall–Kier alpha value is -2.33. The van der Waals surface area contributed by atoms with Crippen molar-refractivity contribution in [3.05, 3.63) is 66.0 Å². The summed E-state index contributed by atoms with van der Waals surface area (Å²) in [5.74, 6) is 3.37. The van der Waals surface area contributed by atoms with E-state index in [1.807, 2.05) is 38.1 Å². The van der Waals surface area contributed by atoms with E-state index in [1.54, 1.807) is 46.2 Å². The molecule has 5 aromatic rings. The van der Waals surface area contributed by atoms with Gasteiger partial charge in [-0.3, -0.25) is 4.98 Å². The van der Waals surface area contributed by atoms with Gasteiger partial charge in [-0.2, -0.15) is 0 Å². The van der Waals surface area contributed by atoms with Gasteiger partial charge in [0, 0.05) is 11.5 Å². The van der Waals surface area contributed by atoms with Crippen molar-refractivity contribution >= 4 is 66.6 Å². The van der Waals surface area contributed by atoms with Crippen molar-refractivity contribution in [1.82, 2.24) is 15.0 Å². The van der Waals surface area contributed by atoms with Crippen LogP contribution in [0, 0.1) is 0 Å². The van der Waals surface area contributed by atoms with E-state index in [-0.39, 0.29) is 0 Å². The zero-order valence-corrected chi connectivity index (χ0v) is 22.1. The van der Waals surface area contributed by atoms with E-state index in [0.29, 0.717) is 13.2 Å². The molecule has 0 saturated carbocycles. The SMILES string of the molecule is CCOc1ccc2nc(SCc3cccc(CSc4nc5ccc(OCC)cc5s4)n3)sc2c1. The van der Waals surface area contributed by atoms with Crippen molar-refractivity contribution in [3.63, 3.8) is 0 Å². The van der Waals surface area contributed by atoms with Crippen LogP contribution >= 0.6 is 46.2 Å². The Kier molecular flexibility index (Phi) is 7.54. The highest BCUT2D eigenvalue weighted by Gasteiger charge is 2.09. The molecule has 0 saturated heterocycles. The standard InChI is InChI=1S/C25H23N3O2S4/c1-3-29-18-8-10-20-22(12-18)33-24(27-20)31-14-16-6-5-7-17(26-16)15-32-25-28-21-11-9-19(30-4-2)13-23(21)34-25/h5-13H,3-4,14-15H2,1-2H3. The Morgan fingerprint density at radius 2 is 1.18 bits per heavy atom. The predicted molar refractivity (Wildman–Crippen MR) is 145 cm³/mol. The fourth-order valence-corrected chi connectivity index (χ4v) is 7.37. The van der Waals surface area contributed by atoms with Crippen LogP contribution in [-0.2, 0) is 11.5 Å². The van der Waals surface area contributed by atoms with Gasteiger partial charge in [-0.25, -0.2) is 9.97 Å². The van der Waals surface area contributed by atoms with Crippen molar-refractivity contribution in [2.45, 2.75) is 34.0 Å². The van der Waals surface area contributed by atoms with Crippen LogP contribution in [0.25, 0.3) is 20.4 Å². The monoisotopic (exact) mass is 525 g/mol. The summed E-state index contributed by atoms with van der Waals surface area (Å²) in [4.78, 5) is 14.3. The van der Waals surface area contributed by atoms with Crippen molar-refractivity contribution in [1.29, 1.82) is 0 Å². The lowest BCUT2D eigenvalue weighted by molar-refractivity contribution is 0.340. The van der Waals surface area contributed by atoms with E-state index in [1.165, 1.54) is 0 Å².